The Hall–Kier alpha value is -1.01. The molecule has 0 saturated carbocycles. The van der Waals surface area contributed by atoms with Crippen molar-refractivity contribution in [1.82, 2.24) is 0 Å². The predicted molar refractivity (Wildman–Crippen MR) is 51.9 cm³/mol. The Morgan fingerprint density at radius 3 is 2.71 bits per heavy atom. The van der Waals surface area contributed by atoms with Crippen LogP contribution in [-0.4, -0.2) is 41.1 Å². The highest BCUT2D eigenvalue weighted by molar-refractivity contribution is 8.01. The monoisotopic (exact) mass is 220 g/mol. The number of esters is 1. The van der Waals surface area contributed by atoms with Crippen LogP contribution in [0.25, 0.3) is 0 Å². The summed E-state index contributed by atoms with van der Waals surface area (Å²) in [4.78, 5) is 21.0. The van der Waals surface area contributed by atoms with Gasteiger partial charge in [0.2, 0.25) is 0 Å². The molecule has 1 unspecified atom stereocenters. The van der Waals surface area contributed by atoms with Crippen LogP contribution in [0, 0.1) is 0 Å². The number of hydrogen-bond donors (Lipinski definition) is 2. The van der Waals surface area contributed by atoms with Gasteiger partial charge in [-0.05, 0) is 17.7 Å². The Morgan fingerprint density at radius 2 is 2.21 bits per heavy atom. The van der Waals surface area contributed by atoms with E-state index in [1.807, 2.05) is 6.26 Å². The normalized spacial score (nSPS) is 12.7. The maximum Gasteiger partial charge on any atom is 0.335 e. The highest BCUT2D eigenvalue weighted by atomic mass is 32.2. The van der Waals surface area contributed by atoms with Gasteiger partial charge in [-0.2, -0.15) is 0 Å². The van der Waals surface area contributed by atoms with E-state index in [0.29, 0.717) is 0 Å². The summed E-state index contributed by atoms with van der Waals surface area (Å²) in [5, 5.41) is 18.9. The third kappa shape index (κ3) is 6.50. The molecule has 14 heavy (non-hydrogen) atoms. The van der Waals surface area contributed by atoms with Gasteiger partial charge >= 0.3 is 11.9 Å². The van der Waals surface area contributed by atoms with Gasteiger partial charge in [0.05, 0.1) is 6.42 Å². The van der Waals surface area contributed by atoms with Gasteiger partial charge in [-0.3, -0.25) is 4.79 Å². The fourth-order valence-corrected chi connectivity index (χ4v) is 0.882. The maximum atomic E-state index is 10.9. The topological polar surface area (TPSA) is 83.8 Å². The molecule has 0 bridgehead atoms. The number of carbonyl (C=O) groups excluding carboxylic acids is 1. The van der Waals surface area contributed by atoms with Gasteiger partial charge in [0.25, 0.3) is 0 Å². The van der Waals surface area contributed by atoms with Gasteiger partial charge in [0.15, 0.2) is 6.10 Å². The van der Waals surface area contributed by atoms with Crippen molar-refractivity contribution in [1.29, 1.82) is 0 Å². The molecule has 0 aliphatic rings. The van der Waals surface area contributed by atoms with Gasteiger partial charge in [-0.15, -0.1) is 11.8 Å². The Balaban J connectivity index is 3.73. The first-order valence-corrected chi connectivity index (χ1v) is 5.11. The lowest BCUT2D eigenvalue weighted by atomic mass is 10.2. The van der Waals surface area contributed by atoms with E-state index >= 15 is 0 Å². The molecular weight excluding hydrogens is 208 g/mol. The molecule has 0 aromatic heterocycles. The fourth-order valence-electron chi connectivity index (χ4n) is 0.611. The fraction of sp³-hybridized carbons (Fsp3) is 0.500. The molecule has 0 fully saturated rings. The molecule has 0 aliphatic carbocycles. The van der Waals surface area contributed by atoms with E-state index in [4.69, 9.17) is 10.2 Å². The molecule has 0 aliphatic heterocycles. The number of carboxylic acids is 1. The van der Waals surface area contributed by atoms with E-state index in [-0.39, 0.29) is 6.61 Å². The number of ether oxygens (including phenoxy) is 1. The predicted octanol–water partition coefficient (Wildman–Crippen LogP) is 0.242. The molecule has 1 atom stereocenters. The van der Waals surface area contributed by atoms with Crippen LogP contribution in [0.15, 0.2) is 11.5 Å². The third-order valence-corrected chi connectivity index (χ3v) is 1.66. The molecule has 0 radical (unpaired) electrons. The third-order valence-electron chi connectivity index (χ3n) is 1.19. The van der Waals surface area contributed by atoms with E-state index in [9.17, 15) is 9.59 Å². The van der Waals surface area contributed by atoms with E-state index < -0.39 is 24.5 Å². The zero-order valence-corrected chi connectivity index (χ0v) is 8.49. The molecule has 0 aromatic rings. The number of rotatable bonds is 6. The van der Waals surface area contributed by atoms with Gasteiger partial charge in [0, 0.05) is 0 Å². The van der Waals surface area contributed by atoms with E-state index in [1.54, 1.807) is 11.5 Å². The lowest BCUT2D eigenvalue weighted by Crippen LogP contribution is -2.25. The Bertz CT molecular complexity index is 226. The van der Waals surface area contributed by atoms with Crippen LogP contribution in [-0.2, 0) is 14.3 Å². The molecule has 2 N–H and O–H groups in total. The minimum atomic E-state index is -1.59. The molecule has 0 rings (SSSR count). The quantitative estimate of drug-likeness (QED) is 0.624. The highest BCUT2D eigenvalue weighted by Gasteiger charge is 2.19. The van der Waals surface area contributed by atoms with Crippen LogP contribution < -0.4 is 0 Å². The molecule has 0 amide bonds. The minimum Gasteiger partial charge on any atom is -0.481 e. The first-order valence-electron chi connectivity index (χ1n) is 3.82. The van der Waals surface area contributed by atoms with Crippen LogP contribution in [0.1, 0.15) is 6.42 Å². The molecule has 0 aromatic carbocycles. The Morgan fingerprint density at radius 1 is 1.57 bits per heavy atom. The first-order chi connectivity index (χ1) is 6.57. The van der Waals surface area contributed by atoms with Crippen molar-refractivity contribution in [3.05, 3.63) is 11.5 Å². The average Bonchev–Trinajstić information content (AvgIpc) is 2.11. The van der Waals surface area contributed by atoms with Crippen molar-refractivity contribution in [3.8, 4) is 0 Å². The molecule has 0 saturated heterocycles. The minimum absolute atomic E-state index is 0.0380. The van der Waals surface area contributed by atoms with E-state index in [2.05, 4.69) is 4.74 Å². The zero-order chi connectivity index (χ0) is 11.0. The van der Waals surface area contributed by atoms with Gasteiger partial charge in [-0.25, -0.2) is 4.79 Å². The van der Waals surface area contributed by atoms with Crippen molar-refractivity contribution in [3.63, 3.8) is 0 Å². The molecule has 0 heterocycles. The molecule has 6 heteroatoms. The summed E-state index contributed by atoms with van der Waals surface area (Å²) in [6, 6.07) is 0. The zero-order valence-electron chi connectivity index (χ0n) is 7.67. The van der Waals surface area contributed by atoms with Crippen LogP contribution in [0.2, 0.25) is 0 Å². The van der Waals surface area contributed by atoms with Crippen molar-refractivity contribution in [2.45, 2.75) is 12.5 Å². The van der Waals surface area contributed by atoms with Crippen LogP contribution >= 0.6 is 11.8 Å². The lowest BCUT2D eigenvalue weighted by Gasteiger charge is -2.06. The van der Waals surface area contributed by atoms with Gasteiger partial charge < -0.3 is 14.9 Å². The van der Waals surface area contributed by atoms with Gasteiger partial charge in [0.1, 0.15) is 6.61 Å². The second-order valence-electron chi connectivity index (χ2n) is 2.35. The number of aliphatic hydroxyl groups excluding tert-OH is 1. The maximum absolute atomic E-state index is 10.9. The van der Waals surface area contributed by atoms with Crippen molar-refractivity contribution in [2.75, 3.05) is 12.9 Å². The van der Waals surface area contributed by atoms with Crippen LogP contribution in [0.5, 0.6) is 0 Å². The SMILES string of the molecule is CSC=CCOC(=O)C(O)CC(=O)O. The number of carbonyl (C=O) groups is 2. The number of thioether (sulfide) groups is 1. The second-order valence-corrected chi connectivity index (χ2v) is 3.09. The largest absolute Gasteiger partial charge is 0.481 e. The molecule has 80 valence electrons. The van der Waals surface area contributed by atoms with Gasteiger partial charge in [-0.1, -0.05) is 0 Å². The van der Waals surface area contributed by atoms with Crippen molar-refractivity contribution < 1.29 is 24.5 Å². The Labute approximate surface area is 85.8 Å². The summed E-state index contributed by atoms with van der Waals surface area (Å²) in [7, 11) is 0. The number of aliphatic hydroxyl groups is 1. The first kappa shape index (κ1) is 13.0. The van der Waals surface area contributed by atoms with Crippen LogP contribution in [0.4, 0.5) is 0 Å². The summed E-state index contributed by atoms with van der Waals surface area (Å²) < 4.78 is 4.55. The summed E-state index contributed by atoms with van der Waals surface area (Å²) in [6.07, 6.45) is 1.22. The summed E-state index contributed by atoms with van der Waals surface area (Å²) in [5.74, 6) is -2.16. The summed E-state index contributed by atoms with van der Waals surface area (Å²) >= 11 is 1.44. The highest BCUT2D eigenvalue weighted by Crippen LogP contribution is 1.97. The molecule has 0 spiro atoms. The van der Waals surface area contributed by atoms with E-state index in [1.165, 1.54) is 11.8 Å². The lowest BCUT2D eigenvalue weighted by molar-refractivity contribution is -0.157. The van der Waals surface area contributed by atoms with E-state index in [0.717, 1.165) is 0 Å². The standard InChI is InChI=1S/C8H12O5S/c1-14-4-2-3-13-8(12)6(9)5-7(10)11/h2,4,6,9H,3,5H2,1H3,(H,10,11). The Kier molecular flexibility index (Phi) is 6.87. The van der Waals surface area contributed by atoms with Crippen molar-refractivity contribution >= 4 is 23.7 Å². The smallest absolute Gasteiger partial charge is 0.335 e. The number of hydrogen-bond acceptors (Lipinski definition) is 5. The number of aliphatic carboxylic acids is 1. The summed E-state index contributed by atoms with van der Waals surface area (Å²) in [5.41, 5.74) is 0. The summed E-state index contributed by atoms with van der Waals surface area (Å²) in [6.45, 7) is 0.0380. The molecular formula is C8H12O5S. The van der Waals surface area contributed by atoms with Crippen LogP contribution in [0.3, 0.4) is 0 Å². The second kappa shape index (κ2) is 7.40. The van der Waals surface area contributed by atoms with Crippen molar-refractivity contribution in [2.24, 2.45) is 0 Å². The number of carboxylic acid groups (broad SMARTS) is 1. The molecule has 5 nitrogen and oxygen atoms in total. The average molecular weight is 220 g/mol.